The molecule has 0 fully saturated rings. The van der Waals surface area contributed by atoms with Crippen LogP contribution in [0.5, 0.6) is 0 Å². The molecule has 24 heavy (non-hydrogen) atoms. The molecule has 0 unspecified atom stereocenters. The highest BCUT2D eigenvalue weighted by Crippen LogP contribution is 2.38. The van der Waals surface area contributed by atoms with Gasteiger partial charge in [0.1, 0.15) is 5.76 Å². The number of nitrogens with zero attached hydrogens (tertiary/aromatic N) is 1. The fraction of sp³-hybridized carbons (Fsp3) is 0.333. The first-order chi connectivity index (χ1) is 11.4. The number of oxime groups is 1. The van der Waals surface area contributed by atoms with Crippen LogP contribution in [0.25, 0.3) is 0 Å². The largest absolute Gasteiger partial charge is 0.455 e. The van der Waals surface area contributed by atoms with Crippen LogP contribution in [-0.4, -0.2) is 16.8 Å². The van der Waals surface area contributed by atoms with Crippen molar-refractivity contribution in [1.82, 2.24) is 5.43 Å². The van der Waals surface area contributed by atoms with E-state index in [4.69, 9.17) is 4.42 Å². The van der Waals surface area contributed by atoms with E-state index in [-0.39, 0.29) is 17.1 Å². The molecule has 3 rings (SSSR count). The lowest BCUT2D eigenvalue weighted by Gasteiger charge is -2.28. The number of hydrazine groups is 1. The molecule has 0 saturated heterocycles. The topological polar surface area (TPSA) is 86.9 Å². The van der Waals surface area contributed by atoms with E-state index in [2.05, 4.69) is 29.9 Å². The average Bonchev–Trinajstić information content (AvgIpc) is 2.88. The third-order valence-electron chi connectivity index (χ3n) is 4.21. The molecule has 1 aromatic carbocycles. The third kappa shape index (κ3) is 2.99. The van der Waals surface area contributed by atoms with Crippen LogP contribution in [0.4, 0.5) is 5.69 Å². The molecule has 0 saturated carbocycles. The van der Waals surface area contributed by atoms with E-state index < -0.39 is 0 Å². The van der Waals surface area contributed by atoms with Gasteiger partial charge in [-0.3, -0.25) is 15.6 Å². The van der Waals surface area contributed by atoms with Crippen LogP contribution in [-0.2, 0) is 6.42 Å². The van der Waals surface area contributed by atoms with Gasteiger partial charge in [0.25, 0.3) is 0 Å². The molecule has 0 atom stereocenters. The Morgan fingerprint density at radius 3 is 2.62 bits per heavy atom. The van der Waals surface area contributed by atoms with Gasteiger partial charge in [-0.1, -0.05) is 37.2 Å². The van der Waals surface area contributed by atoms with Crippen molar-refractivity contribution in [3.63, 3.8) is 0 Å². The molecule has 1 amide bonds. The zero-order valence-corrected chi connectivity index (χ0v) is 14.0. The first kappa shape index (κ1) is 16.1. The van der Waals surface area contributed by atoms with Crippen LogP contribution in [0.1, 0.15) is 47.7 Å². The number of hydrogen-bond donors (Lipinski definition) is 3. The number of furan rings is 1. The molecule has 1 aromatic heterocycles. The fourth-order valence-electron chi connectivity index (χ4n) is 3.12. The van der Waals surface area contributed by atoms with Gasteiger partial charge in [-0.15, -0.1) is 0 Å². The van der Waals surface area contributed by atoms with Gasteiger partial charge >= 0.3 is 5.91 Å². The number of carbonyl (C=O) groups is 1. The van der Waals surface area contributed by atoms with Crippen LogP contribution in [0, 0.1) is 12.3 Å². The molecule has 6 heteroatoms. The molecule has 2 aromatic rings. The molecule has 0 aliphatic heterocycles. The number of rotatable bonds is 3. The molecule has 3 N–H and O–H groups in total. The second-order valence-corrected chi connectivity index (χ2v) is 6.86. The molecule has 0 bridgehead atoms. The molecule has 0 radical (unpaired) electrons. The molecule has 1 aliphatic rings. The Kier molecular flexibility index (Phi) is 4.05. The average molecular weight is 327 g/mol. The molecular formula is C18H21N3O3. The number of nitrogens with one attached hydrogen (secondary N) is 2. The highest BCUT2D eigenvalue weighted by molar-refractivity contribution is 6.06. The van der Waals surface area contributed by atoms with E-state index >= 15 is 0 Å². The molecule has 1 aliphatic carbocycles. The summed E-state index contributed by atoms with van der Waals surface area (Å²) in [6.07, 6.45) is 1.34. The van der Waals surface area contributed by atoms with Gasteiger partial charge < -0.3 is 9.62 Å². The van der Waals surface area contributed by atoms with E-state index in [1.54, 1.807) is 0 Å². The standard InChI is InChI=1S/C18H21N3O3/c1-11-15-13(21-23)9-18(2,3)10-14(15)24-16(11)17(22)20-19-12-7-5-4-6-8-12/h4-8,19,23H,9-10H2,1-3H3,(H,20,22)/b21-13-. The van der Waals surface area contributed by atoms with Gasteiger partial charge in [0.15, 0.2) is 5.76 Å². The number of benzene rings is 1. The minimum Gasteiger partial charge on any atom is -0.455 e. The lowest BCUT2D eigenvalue weighted by atomic mass is 9.75. The van der Waals surface area contributed by atoms with E-state index in [1.165, 1.54) is 0 Å². The maximum atomic E-state index is 12.4. The number of carbonyl (C=O) groups excluding carboxylic acids is 1. The van der Waals surface area contributed by atoms with Crippen molar-refractivity contribution in [1.29, 1.82) is 0 Å². The maximum absolute atomic E-state index is 12.4. The summed E-state index contributed by atoms with van der Waals surface area (Å²) in [6.45, 7) is 5.97. The van der Waals surface area contributed by atoms with Crippen molar-refractivity contribution < 1.29 is 14.4 Å². The van der Waals surface area contributed by atoms with Crippen LogP contribution in [0.15, 0.2) is 39.9 Å². The number of hydrogen-bond acceptors (Lipinski definition) is 5. The Balaban J connectivity index is 1.85. The Morgan fingerprint density at radius 1 is 1.25 bits per heavy atom. The molecule has 126 valence electrons. The Labute approximate surface area is 140 Å². The van der Waals surface area contributed by atoms with Gasteiger partial charge in [-0.25, -0.2) is 0 Å². The summed E-state index contributed by atoms with van der Waals surface area (Å²) in [5.41, 5.74) is 8.20. The SMILES string of the molecule is Cc1c(C(=O)NNc2ccccc2)oc2c1/C(=N\O)CC(C)(C)C2. The molecule has 1 heterocycles. The van der Waals surface area contributed by atoms with Crippen molar-refractivity contribution in [3.05, 3.63) is 53.0 Å². The summed E-state index contributed by atoms with van der Waals surface area (Å²) < 4.78 is 5.81. The highest BCUT2D eigenvalue weighted by atomic mass is 16.4. The number of amides is 1. The van der Waals surface area contributed by atoms with E-state index in [0.29, 0.717) is 29.9 Å². The predicted molar refractivity (Wildman–Crippen MR) is 91.4 cm³/mol. The zero-order chi connectivity index (χ0) is 17.3. The highest BCUT2D eigenvalue weighted by Gasteiger charge is 2.36. The lowest BCUT2D eigenvalue weighted by molar-refractivity contribution is 0.0931. The number of anilines is 1. The van der Waals surface area contributed by atoms with Gasteiger partial charge in [-0.05, 0) is 30.9 Å². The lowest BCUT2D eigenvalue weighted by Crippen LogP contribution is -2.29. The van der Waals surface area contributed by atoms with Crippen molar-refractivity contribution in [2.45, 2.75) is 33.6 Å². The second kappa shape index (κ2) is 6.03. The van der Waals surface area contributed by atoms with Crippen LogP contribution in [0.3, 0.4) is 0 Å². The van der Waals surface area contributed by atoms with Crippen molar-refractivity contribution in [3.8, 4) is 0 Å². The summed E-state index contributed by atoms with van der Waals surface area (Å²) in [7, 11) is 0. The Morgan fingerprint density at radius 2 is 1.96 bits per heavy atom. The monoisotopic (exact) mass is 327 g/mol. The predicted octanol–water partition coefficient (Wildman–Crippen LogP) is 3.50. The third-order valence-corrected chi connectivity index (χ3v) is 4.21. The first-order valence-electron chi connectivity index (χ1n) is 7.86. The van der Waals surface area contributed by atoms with Gasteiger partial charge in [0.2, 0.25) is 0 Å². The summed E-state index contributed by atoms with van der Waals surface area (Å²) in [4.78, 5) is 12.4. The minimum atomic E-state index is -0.360. The zero-order valence-electron chi connectivity index (χ0n) is 14.0. The van der Waals surface area contributed by atoms with Gasteiger partial charge in [0, 0.05) is 17.5 Å². The van der Waals surface area contributed by atoms with E-state index in [1.807, 2.05) is 37.3 Å². The second-order valence-electron chi connectivity index (χ2n) is 6.86. The molecule has 0 spiro atoms. The summed E-state index contributed by atoms with van der Waals surface area (Å²) in [5.74, 6) is 0.574. The summed E-state index contributed by atoms with van der Waals surface area (Å²) in [5, 5.41) is 12.7. The van der Waals surface area contributed by atoms with Crippen molar-refractivity contribution in [2.75, 3.05) is 5.43 Å². The van der Waals surface area contributed by atoms with E-state index in [9.17, 15) is 10.0 Å². The summed E-state index contributed by atoms with van der Waals surface area (Å²) >= 11 is 0. The Bertz CT molecular complexity index is 791. The fourth-order valence-corrected chi connectivity index (χ4v) is 3.12. The van der Waals surface area contributed by atoms with Crippen LogP contribution < -0.4 is 10.9 Å². The Hall–Kier alpha value is -2.76. The van der Waals surface area contributed by atoms with Gasteiger partial charge in [-0.2, -0.15) is 0 Å². The molecular weight excluding hydrogens is 306 g/mol. The summed E-state index contributed by atoms with van der Waals surface area (Å²) in [6, 6.07) is 9.34. The van der Waals surface area contributed by atoms with Crippen molar-refractivity contribution >= 4 is 17.3 Å². The maximum Gasteiger partial charge on any atom is 0.305 e. The smallest absolute Gasteiger partial charge is 0.305 e. The van der Waals surface area contributed by atoms with Gasteiger partial charge in [0.05, 0.1) is 11.4 Å². The van der Waals surface area contributed by atoms with Crippen molar-refractivity contribution in [2.24, 2.45) is 10.6 Å². The normalized spacial score (nSPS) is 17.4. The number of para-hydroxylation sites is 1. The van der Waals surface area contributed by atoms with E-state index in [0.717, 1.165) is 11.3 Å². The minimum absolute atomic E-state index is 0.0745. The number of fused-ring (bicyclic) bond motifs is 1. The quantitative estimate of drug-likeness (QED) is 0.595. The van der Waals surface area contributed by atoms with Crippen LogP contribution >= 0.6 is 0 Å². The molecule has 6 nitrogen and oxygen atoms in total. The van der Waals surface area contributed by atoms with Crippen LogP contribution in [0.2, 0.25) is 0 Å². The first-order valence-corrected chi connectivity index (χ1v) is 7.86.